The molecule has 1 unspecified atom stereocenters. The van der Waals surface area contributed by atoms with Crippen LogP contribution < -0.4 is 5.32 Å². The maximum absolute atomic E-state index is 11.7. The van der Waals surface area contributed by atoms with E-state index in [0.717, 1.165) is 25.7 Å². The molecule has 92 valence electrons. The van der Waals surface area contributed by atoms with Gasteiger partial charge in [0.1, 0.15) is 6.04 Å². The maximum atomic E-state index is 11.7. The molecule has 1 atom stereocenters. The average Bonchev–Trinajstić information content (AvgIpc) is 2.78. The standard InChI is InChI=1S/C11H19NO4/c1-3-16-10(13)9(12-11(14)15-2)8-6-4-5-7-8/h8-9H,3-7H2,1-2H3,(H,12,14). The summed E-state index contributed by atoms with van der Waals surface area (Å²) in [6, 6.07) is -0.560. The lowest BCUT2D eigenvalue weighted by Gasteiger charge is -2.21. The third-order valence-corrected chi connectivity index (χ3v) is 2.87. The smallest absolute Gasteiger partial charge is 0.407 e. The van der Waals surface area contributed by atoms with Crippen molar-refractivity contribution in [2.24, 2.45) is 5.92 Å². The number of rotatable bonds is 4. The summed E-state index contributed by atoms with van der Waals surface area (Å²) in [5.41, 5.74) is 0. The van der Waals surface area contributed by atoms with Gasteiger partial charge in [0.25, 0.3) is 0 Å². The molecule has 1 fully saturated rings. The maximum Gasteiger partial charge on any atom is 0.407 e. The SMILES string of the molecule is CCOC(=O)C(NC(=O)OC)C1CCCC1. The third-order valence-electron chi connectivity index (χ3n) is 2.87. The number of hydrogen-bond acceptors (Lipinski definition) is 4. The number of esters is 1. The van der Waals surface area contributed by atoms with E-state index in [4.69, 9.17) is 4.74 Å². The predicted molar refractivity (Wildman–Crippen MR) is 57.9 cm³/mol. The molecular weight excluding hydrogens is 210 g/mol. The van der Waals surface area contributed by atoms with Crippen LogP contribution in [0.4, 0.5) is 4.79 Å². The topological polar surface area (TPSA) is 64.6 Å². The molecule has 1 amide bonds. The Morgan fingerprint density at radius 1 is 1.38 bits per heavy atom. The summed E-state index contributed by atoms with van der Waals surface area (Å²) in [5, 5.41) is 2.56. The molecule has 0 radical (unpaired) electrons. The van der Waals surface area contributed by atoms with Crippen LogP contribution in [0, 0.1) is 5.92 Å². The number of amides is 1. The molecular formula is C11H19NO4. The second-order valence-electron chi connectivity index (χ2n) is 3.91. The fraction of sp³-hybridized carbons (Fsp3) is 0.818. The van der Waals surface area contributed by atoms with Crippen LogP contribution in [0.3, 0.4) is 0 Å². The molecule has 0 aliphatic heterocycles. The number of ether oxygens (including phenoxy) is 2. The number of hydrogen-bond donors (Lipinski definition) is 1. The van der Waals surface area contributed by atoms with Crippen molar-refractivity contribution < 1.29 is 19.1 Å². The average molecular weight is 229 g/mol. The van der Waals surface area contributed by atoms with E-state index in [0.29, 0.717) is 6.61 Å². The van der Waals surface area contributed by atoms with Gasteiger partial charge in [-0.25, -0.2) is 9.59 Å². The van der Waals surface area contributed by atoms with Gasteiger partial charge in [-0.2, -0.15) is 0 Å². The molecule has 0 aromatic rings. The van der Waals surface area contributed by atoms with Crippen LogP contribution in [0.5, 0.6) is 0 Å². The summed E-state index contributed by atoms with van der Waals surface area (Å²) in [7, 11) is 1.28. The highest BCUT2D eigenvalue weighted by Crippen LogP contribution is 2.28. The van der Waals surface area contributed by atoms with E-state index in [2.05, 4.69) is 10.1 Å². The van der Waals surface area contributed by atoms with Crippen molar-refractivity contribution in [1.29, 1.82) is 0 Å². The van der Waals surface area contributed by atoms with Crippen molar-refractivity contribution in [3.63, 3.8) is 0 Å². The first-order chi connectivity index (χ1) is 7.69. The molecule has 0 bridgehead atoms. The zero-order valence-electron chi connectivity index (χ0n) is 9.82. The van der Waals surface area contributed by atoms with Gasteiger partial charge in [-0.1, -0.05) is 12.8 Å². The van der Waals surface area contributed by atoms with Gasteiger partial charge in [0.05, 0.1) is 13.7 Å². The third kappa shape index (κ3) is 3.40. The Morgan fingerprint density at radius 2 is 2.00 bits per heavy atom. The summed E-state index contributed by atoms with van der Waals surface area (Å²) in [6.45, 7) is 2.08. The first-order valence-electron chi connectivity index (χ1n) is 5.70. The van der Waals surface area contributed by atoms with Crippen molar-refractivity contribution in [2.45, 2.75) is 38.6 Å². The van der Waals surface area contributed by atoms with Crippen LogP contribution in [0.25, 0.3) is 0 Å². The number of carbonyl (C=O) groups excluding carboxylic acids is 2. The second-order valence-corrected chi connectivity index (χ2v) is 3.91. The zero-order chi connectivity index (χ0) is 12.0. The second kappa shape index (κ2) is 6.35. The van der Waals surface area contributed by atoms with Crippen molar-refractivity contribution in [1.82, 2.24) is 5.32 Å². The van der Waals surface area contributed by atoms with E-state index in [1.54, 1.807) is 6.92 Å². The summed E-state index contributed by atoms with van der Waals surface area (Å²) in [4.78, 5) is 22.8. The largest absolute Gasteiger partial charge is 0.464 e. The Morgan fingerprint density at radius 3 is 2.50 bits per heavy atom. The molecule has 5 nitrogen and oxygen atoms in total. The first kappa shape index (κ1) is 12.8. The Hall–Kier alpha value is -1.26. The fourth-order valence-corrected chi connectivity index (χ4v) is 2.08. The van der Waals surface area contributed by atoms with Gasteiger partial charge in [-0.3, -0.25) is 0 Å². The number of methoxy groups -OCH3 is 1. The normalized spacial score (nSPS) is 17.9. The molecule has 1 N–H and O–H groups in total. The van der Waals surface area contributed by atoms with Crippen LogP contribution in [0.2, 0.25) is 0 Å². The summed E-state index contributed by atoms with van der Waals surface area (Å²) < 4.78 is 9.46. The molecule has 1 aliphatic carbocycles. The van der Waals surface area contributed by atoms with Gasteiger partial charge >= 0.3 is 12.1 Å². The fourth-order valence-electron chi connectivity index (χ4n) is 2.08. The minimum Gasteiger partial charge on any atom is -0.464 e. The number of carbonyl (C=O) groups is 2. The molecule has 0 heterocycles. The van der Waals surface area contributed by atoms with Crippen molar-refractivity contribution in [3.05, 3.63) is 0 Å². The minimum atomic E-state index is -0.579. The molecule has 0 aromatic carbocycles. The van der Waals surface area contributed by atoms with Gasteiger partial charge < -0.3 is 14.8 Å². The zero-order valence-corrected chi connectivity index (χ0v) is 9.82. The predicted octanol–water partition coefficient (Wildman–Crippen LogP) is 1.46. The van der Waals surface area contributed by atoms with Crippen molar-refractivity contribution in [3.8, 4) is 0 Å². The van der Waals surface area contributed by atoms with Gasteiger partial charge in [0, 0.05) is 0 Å². The first-order valence-corrected chi connectivity index (χ1v) is 5.70. The lowest BCUT2D eigenvalue weighted by Crippen LogP contribution is -2.46. The summed E-state index contributed by atoms with van der Waals surface area (Å²) >= 11 is 0. The van der Waals surface area contributed by atoms with Crippen molar-refractivity contribution >= 4 is 12.1 Å². The highest BCUT2D eigenvalue weighted by Gasteiger charge is 2.33. The molecule has 16 heavy (non-hydrogen) atoms. The Kier molecular flexibility index (Phi) is 5.08. The van der Waals surface area contributed by atoms with Crippen LogP contribution in [-0.2, 0) is 14.3 Å². The lowest BCUT2D eigenvalue weighted by atomic mass is 9.98. The van der Waals surface area contributed by atoms with E-state index < -0.39 is 12.1 Å². The molecule has 1 rings (SSSR count). The van der Waals surface area contributed by atoms with E-state index in [9.17, 15) is 9.59 Å². The summed E-state index contributed by atoms with van der Waals surface area (Å²) in [5.74, 6) is -0.182. The van der Waals surface area contributed by atoms with Crippen molar-refractivity contribution in [2.75, 3.05) is 13.7 Å². The van der Waals surface area contributed by atoms with Gasteiger partial charge in [0.15, 0.2) is 0 Å². The number of nitrogens with one attached hydrogen (secondary N) is 1. The molecule has 1 saturated carbocycles. The molecule has 0 spiro atoms. The molecule has 0 aromatic heterocycles. The Bertz CT molecular complexity index is 248. The van der Waals surface area contributed by atoms with E-state index in [1.165, 1.54) is 7.11 Å². The van der Waals surface area contributed by atoms with Crippen LogP contribution >= 0.6 is 0 Å². The van der Waals surface area contributed by atoms with Gasteiger partial charge in [-0.15, -0.1) is 0 Å². The van der Waals surface area contributed by atoms with Crippen LogP contribution in [0.1, 0.15) is 32.6 Å². The van der Waals surface area contributed by atoms with E-state index in [-0.39, 0.29) is 11.9 Å². The number of alkyl carbamates (subject to hydrolysis) is 1. The van der Waals surface area contributed by atoms with Crippen LogP contribution in [0.15, 0.2) is 0 Å². The lowest BCUT2D eigenvalue weighted by molar-refractivity contribution is -0.147. The highest BCUT2D eigenvalue weighted by molar-refractivity contribution is 5.81. The van der Waals surface area contributed by atoms with Crippen LogP contribution in [-0.4, -0.2) is 31.8 Å². The Balaban J connectivity index is 2.59. The highest BCUT2D eigenvalue weighted by atomic mass is 16.5. The monoisotopic (exact) mass is 229 g/mol. The summed E-state index contributed by atoms with van der Waals surface area (Å²) in [6.07, 6.45) is 3.53. The van der Waals surface area contributed by atoms with Gasteiger partial charge in [0.2, 0.25) is 0 Å². The van der Waals surface area contributed by atoms with Gasteiger partial charge in [-0.05, 0) is 25.7 Å². The quantitative estimate of drug-likeness (QED) is 0.741. The molecule has 0 saturated heterocycles. The molecule has 5 heteroatoms. The van der Waals surface area contributed by atoms with E-state index >= 15 is 0 Å². The molecule has 1 aliphatic rings. The van der Waals surface area contributed by atoms with E-state index in [1.807, 2.05) is 0 Å². The Labute approximate surface area is 95.5 Å². The minimum absolute atomic E-state index is 0.179.